The zero-order valence-electron chi connectivity index (χ0n) is 12.8. The molecule has 8 heteroatoms. The minimum Gasteiger partial charge on any atom is -0.353 e. The standard InChI is InChI=1S/C15H17N7O/c1-11-19-14(23-20-11)12-2-3-16-13(10-12)21-6-8-22(9-7-21)15-17-4-5-18-15/h2-5,10H,6-9H2,1H3,(H,17,18). The number of aryl methyl sites for hydroxylation is 1. The van der Waals surface area contributed by atoms with Gasteiger partial charge in [0.2, 0.25) is 5.95 Å². The van der Waals surface area contributed by atoms with Crippen molar-refractivity contribution in [3.63, 3.8) is 0 Å². The topological polar surface area (TPSA) is 87.0 Å². The molecule has 4 rings (SSSR count). The molecule has 1 fully saturated rings. The van der Waals surface area contributed by atoms with Gasteiger partial charge in [0.1, 0.15) is 5.82 Å². The monoisotopic (exact) mass is 311 g/mol. The van der Waals surface area contributed by atoms with Crippen molar-refractivity contribution in [3.8, 4) is 11.5 Å². The molecule has 0 radical (unpaired) electrons. The van der Waals surface area contributed by atoms with E-state index in [-0.39, 0.29) is 0 Å². The van der Waals surface area contributed by atoms with E-state index in [4.69, 9.17) is 4.52 Å². The van der Waals surface area contributed by atoms with Crippen LogP contribution in [0.15, 0.2) is 35.2 Å². The average molecular weight is 311 g/mol. The van der Waals surface area contributed by atoms with E-state index in [0.717, 1.165) is 43.5 Å². The molecule has 8 nitrogen and oxygen atoms in total. The molecule has 0 unspecified atom stereocenters. The molecule has 1 N–H and O–H groups in total. The summed E-state index contributed by atoms with van der Waals surface area (Å²) < 4.78 is 5.23. The van der Waals surface area contributed by atoms with Gasteiger partial charge in [-0.15, -0.1) is 0 Å². The predicted molar refractivity (Wildman–Crippen MR) is 85.3 cm³/mol. The number of aromatic amines is 1. The summed E-state index contributed by atoms with van der Waals surface area (Å²) in [5.74, 6) is 3.01. The van der Waals surface area contributed by atoms with Crippen LogP contribution in [0.1, 0.15) is 5.82 Å². The summed E-state index contributed by atoms with van der Waals surface area (Å²) in [5, 5.41) is 3.84. The Morgan fingerprint density at radius 3 is 2.61 bits per heavy atom. The van der Waals surface area contributed by atoms with Crippen molar-refractivity contribution in [1.29, 1.82) is 0 Å². The van der Waals surface area contributed by atoms with Crippen LogP contribution >= 0.6 is 0 Å². The molecular formula is C15H17N7O. The van der Waals surface area contributed by atoms with E-state index in [2.05, 4.69) is 34.9 Å². The highest BCUT2D eigenvalue weighted by Crippen LogP contribution is 2.22. The lowest BCUT2D eigenvalue weighted by molar-refractivity contribution is 0.425. The number of rotatable bonds is 3. The summed E-state index contributed by atoms with van der Waals surface area (Å²) >= 11 is 0. The fraction of sp³-hybridized carbons (Fsp3) is 0.333. The highest BCUT2D eigenvalue weighted by molar-refractivity contribution is 5.59. The average Bonchev–Trinajstić information content (AvgIpc) is 3.27. The summed E-state index contributed by atoms with van der Waals surface area (Å²) in [5.41, 5.74) is 0.893. The quantitative estimate of drug-likeness (QED) is 0.784. The Bertz CT molecular complexity index is 775. The first-order valence-electron chi connectivity index (χ1n) is 7.55. The maximum absolute atomic E-state index is 5.23. The van der Waals surface area contributed by atoms with E-state index in [1.165, 1.54) is 0 Å². The van der Waals surface area contributed by atoms with Crippen LogP contribution < -0.4 is 9.80 Å². The maximum Gasteiger partial charge on any atom is 0.258 e. The molecule has 0 amide bonds. The third-order valence-corrected chi connectivity index (χ3v) is 3.91. The van der Waals surface area contributed by atoms with Gasteiger partial charge in [0.15, 0.2) is 5.82 Å². The Kier molecular flexibility index (Phi) is 3.41. The number of pyridine rings is 1. The lowest BCUT2D eigenvalue weighted by Crippen LogP contribution is -2.47. The largest absolute Gasteiger partial charge is 0.353 e. The number of H-pyrrole nitrogens is 1. The Hall–Kier alpha value is -2.90. The van der Waals surface area contributed by atoms with Crippen molar-refractivity contribution >= 4 is 11.8 Å². The van der Waals surface area contributed by atoms with Crippen LogP contribution in [-0.2, 0) is 0 Å². The molecule has 3 aromatic rings. The Morgan fingerprint density at radius 1 is 1.09 bits per heavy atom. The zero-order chi connectivity index (χ0) is 15.6. The van der Waals surface area contributed by atoms with Crippen molar-refractivity contribution < 1.29 is 4.52 Å². The van der Waals surface area contributed by atoms with E-state index in [1.807, 2.05) is 25.3 Å². The molecule has 0 spiro atoms. The van der Waals surface area contributed by atoms with E-state index < -0.39 is 0 Å². The van der Waals surface area contributed by atoms with Gasteiger partial charge in [0.05, 0.1) is 0 Å². The lowest BCUT2D eigenvalue weighted by atomic mass is 10.2. The third-order valence-electron chi connectivity index (χ3n) is 3.91. The second-order valence-corrected chi connectivity index (χ2v) is 5.44. The van der Waals surface area contributed by atoms with Crippen LogP contribution in [-0.4, -0.2) is 51.3 Å². The molecule has 0 aromatic carbocycles. The molecule has 0 atom stereocenters. The van der Waals surface area contributed by atoms with Crippen molar-refractivity contribution in [2.45, 2.75) is 6.92 Å². The molecule has 0 bridgehead atoms. The zero-order valence-corrected chi connectivity index (χ0v) is 12.8. The predicted octanol–water partition coefficient (Wildman–Crippen LogP) is 1.49. The van der Waals surface area contributed by atoms with Crippen LogP contribution in [0.25, 0.3) is 11.5 Å². The molecule has 3 aromatic heterocycles. The molecule has 23 heavy (non-hydrogen) atoms. The van der Waals surface area contributed by atoms with Gasteiger partial charge in [-0.2, -0.15) is 4.98 Å². The van der Waals surface area contributed by atoms with Crippen LogP contribution in [0.4, 0.5) is 11.8 Å². The molecule has 1 saturated heterocycles. The first-order valence-corrected chi connectivity index (χ1v) is 7.55. The first-order chi connectivity index (χ1) is 11.3. The number of hydrogen-bond donors (Lipinski definition) is 1. The second-order valence-electron chi connectivity index (χ2n) is 5.44. The van der Waals surface area contributed by atoms with Crippen LogP contribution in [0, 0.1) is 6.92 Å². The molecule has 0 aliphatic carbocycles. The van der Waals surface area contributed by atoms with Gasteiger partial charge in [-0.05, 0) is 19.1 Å². The Balaban J connectivity index is 1.49. The van der Waals surface area contributed by atoms with Gasteiger partial charge in [-0.1, -0.05) is 5.16 Å². The van der Waals surface area contributed by atoms with E-state index in [1.54, 1.807) is 12.4 Å². The summed E-state index contributed by atoms with van der Waals surface area (Å²) in [6.07, 6.45) is 5.40. The van der Waals surface area contributed by atoms with E-state index >= 15 is 0 Å². The van der Waals surface area contributed by atoms with Gasteiger partial charge >= 0.3 is 0 Å². The van der Waals surface area contributed by atoms with Gasteiger partial charge < -0.3 is 19.3 Å². The summed E-state index contributed by atoms with van der Waals surface area (Å²) in [6.45, 7) is 5.39. The number of nitrogens with one attached hydrogen (secondary N) is 1. The lowest BCUT2D eigenvalue weighted by Gasteiger charge is -2.35. The number of hydrogen-bond acceptors (Lipinski definition) is 7. The number of aromatic nitrogens is 5. The normalized spacial score (nSPS) is 15.2. The van der Waals surface area contributed by atoms with Crippen LogP contribution in [0.2, 0.25) is 0 Å². The summed E-state index contributed by atoms with van der Waals surface area (Å²) in [7, 11) is 0. The Morgan fingerprint density at radius 2 is 1.91 bits per heavy atom. The van der Waals surface area contributed by atoms with Crippen molar-refractivity contribution in [2.24, 2.45) is 0 Å². The minimum absolute atomic E-state index is 0.528. The first kappa shape index (κ1) is 13.7. The van der Waals surface area contributed by atoms with Crippen LogP contribution in [0.3, 0.4) is 0 Å². The van der Waals surface area contributed by atoms with Crippen LogP contribution in [0.5, 0.6) is 0 Å². The Labute approximate surface area is 133 Å². The number of imidazole rings is 1. The number of anilines is 2. The molecule has 1 aliphatic rings. The molecule has 118 valence electrons. The SMILES string of the molecule is Cc1noc(-c2ccnc(N3CCN(c4ncc[nH]4)CC3)c2)n1. The molecule has 4 heterocycles. The maximum atomic E-state index is 5.23. The molecule has 0 saturated carbocycles. The van der Waals surface area contributed by atoms with Gasteiger partial charge in [0, 0.05) is 50.3 Å². The van der Waals surface area contributed by atoms with Crippen molar-refractivity contribution in [1.82, 2.24) is 25.1 Å². The van der Waals surface area contributed by atoms with E-state index in [0.29, 0.717) is 11.7 Å². The highest BCUT2D eigenvalue weighted by atomic mass is 16.5. The summed E-state index contributed by atoms with van der Waals surface area (Å²) in [4.78, 5) is 20.7. The third kappa shape index (κ3) is 2.75. The minimum atomic E-state index is 0.528. The second kappa shape index (κ2) is 5.71. The fourth-order valence-electron chi connectivity index (χ4n) is 2.72. The fourth-order valence-corrected chi connectivity index (χ4v) is 2.72. The van der Waals surface area contributed by atoms with Gasteiger partial charge in [-0.25, -0.2) is 9.97 Å². The number of nitrogens with zero attached hydrogens (tertiary/aromatic N) is 6. The van der Waals surface area contributed by atoms with Crippen molar-refractivity contribution in [2.75, 3.05) is 36.0 Å². The van der Waals surface area contributed by atoms with Crippen molar-refractivity contribution in [3.05, 3.63) is 36.5 Å². The van der Waals surface area contributed by atoms with Gasteiger partial charge in [0.25, 0.3) is 5.89 Å². The highest BCUT2D eigenvalue weighted by Gasteiger charge is 2.20. The summed E-state index contributed by atoms with van der Waals surface area (Å²) in [6, 6.07) is 3.88. The number of piperazine rings is 1. The molecular weight excluding hydrogens is 294 g/mol. The molecule has 1 aliphatic heterocycles. The smallest absolute Gasteiger partial charge is 0.258 e. The van der Waals surface area contributed by atoms with Gasteiger partial charge in [-0.3, -0.25) is 0 Å². The van der Waals surface area contributed by atoms with E-state index in [9.17, 15) is 0 Å².